The van der Waals surface area contributed by atoms with Crippen molar-refractivity contribution in [1.29, 1.82) is 0 Å². The summed E-state index contributed by atoms with van der Waals surface area (Å²) in [6.45, 7) is 4.12. The number of carbonyl (C=O) groups excluding carboxylic acids is 1. The van der Waals surface area contributed by atoms with Gasteiger partial charge in [0.1, 0.15) is 11.5 Å². The van der Waals surface area contributed by atoms with Crippen LogP contribution < -0.4 is 4.74 Å². The summed E-state index contributed by atoms with van der Waals surface area (Å²) in [7, 11) is 0. The summed E-state index contributed by atoms with van der Waals surface area (Å²) in [5.41, 5.74) is 2.14. The quantitative estimate of drug-likeness (QED) is 0.435. The minimum absolute atomic E-state index is 0.261. The molecule has 2 aromatic carbocycles. The molecular formula is C26H27NO4. The molecule has 1 aliphatic carbocycles. The molecule has 0 N–H and O–H groups in total. The summed E-state index contributed by atoms with van der Waals surface area (Å²) in [4.78, 5) is 16.9. The smallest absolute Gasteiger partial charge is 0.350 e. The van der Waals surface area contributed by atoms with Gasteiger partial charge in [-0.2, -0.15) is 0 Å². The first-order valence-corrected chi connectivity index (χ1v) is 10.7. The number of oxazole rings is 1. The van der Waals surface area contributed by atoms with Gasteiger partial charge < -0.3 is 13.9 Å². The van der Waals surface area contributed by atoms with E-state index in [1.165, 1.54) is 0 Å². The van der Waals surface area contributed by atoms with Crippen LogP contribution in [-0.2, 0) is 16.0 Å². The van der Waals surface area contributed by atoms with Crippen molar-refractivity contribution in [2.45, 2.75) is 45.1 Å². The Morgan fingerprint density at radius 1 is 1.13 bits per heavy atom. The third-order valence-corrected chi connectivity index (χ3v) is 5.54. The van der Waals surface area contributed by atoms with E-state index in [0.29, 0.717) is 37.5 Å². The van der Waals surface area contributed by atoms with Gasteiger partial charge in [-0.15, -0.1) is 0 Å². The average Bonchev–Trinajstić information content (AvgIpc) is 3.13. The van der Waals surface area contributed by atoms with Crippen molar-refractivity contribution in [2.24, 2.45) is 0 Å². The third-order valence-electron chi connectivity index (χ3n) is 5.54. The number of allylic oxidation sites excluding steroid dienone is 1. The molecule has 1 aromatic heterocycles. The van der Waals surface area contributed by atoms with Crippen LogP contribution >= 0.6 is 0 Å². The van der Waals surface area contributed by atoms with Gasteiger partial charge in [0.2, 0.25) is 11.5 Å². The van der Waals surface area contributed by atoms with Crippen LogP contribution in [0.2, 0.25) is 0 Å². The molecule has 5 nitrogen and oxygen atoms in total. The topological polar surface area (TPSA) is 61.6 Å². The number of hydrogen-bond acceptors (Lipinski definition) is 5. The number of esters is 1. The van der Waals surface area contributed by atoms with Crippen molar-refractivity contribution in [3.63, 3.8) is 0 Å². The van der Waals surface area contributed by atoms with Gasteiger partial charge in [0.05, 0.1) is 12.3 Å². The predicted octanol–water partition coefficient (Wildman–Crippen LogP) is 5.77. The van der Waals surface area contributed by atoms with Gasteiger partial charge in [0, 0.05) is 12.0 Å². The summed E-state index contributed by atoms with van der Waals surface area (Å²) in [6.07, 6.45) is 7.19. The van der Waals surface area contributed by atoms with Crippen LogP contribution in [0.15, 0.2) is 65.1 Å². The zero-order valence-electron chi connectivity index (χ0n) is 18.0. The molecule has 3 aromatic rings. The Balaban J connectivity index is 1.37. The van der Waals surface area contributed by atoms with Gasteiger partial charge in [0.25, 0.3) is 0 Å². The van der Waals surface area contributed by atoms with E-state index in [-0.39, 0.29) is 5.97 Å². The fourth-order valence-electron chi connectivity index (χ4n) is 3.61. The molecule has 0 spiro atoms. The van der Waals surface area contributed by atoms with E-state index < -0.39 is 5.60 Å². The SMILES string of the molecule is CCOC(=O)C1(Oc2ccc(/C=C/Cc3nc(-c4ccccc4)oc3C)cc2)CCC1. The first kappa shape index (κ1) is 20.9. The molecule has 1 fully saturated rings. The highest BCUT2D eigenvalue weighted by Crippen LogP contribution is 2.38. The molecule has 0 amide bonds. The fraction of sp³-hybridized carbons (Fsp3) is 0.308. The molecule has 0 saturated heterocycles. The Morgan fingerprint density at radius 2 is 1.87 bits per heavy atom. The summed E-state index contributed by atoms with van der Waals surface area (Å²) in [6, 6.07) is 17.7. The molecule has 0 atom stereocenters. The second kappa shape index (κ2) is 9.21. The summed E-state index contributed by atoms with van der Waals surface area (Å²) in [5, 5.41) is 0. The van der Waals surface area contributed by atoms with Crippen molar-refractivity contribution in [1.82, 2.24) is 4.98 Å². The standard InChI is InChI=1S/C26H27NO4/c1-3-29-25(28)26(17-8-18-26)31-22-15-13-20(14-16-22)9-7-12-23-19(2)30-24(27-23)21-10-5-4-6-11-21/h4-7,9-11,13-16H,3,8,12,17-18H2,1-2H3/b9-7+. The second-order valence-corrected chi connectivity index (χ2v) is 7.73. The van der Waals surface area contributed by atoms with Gasteiger partial charge in [0.15, 0.2) is 0 Å². The number of benzene rings is 2. The van der Waals surface area contributed by atoms with Gasteiger partial charge in [-0.3, -0.25) is 0 Å². The molecule has 1 saturated carbocycles. The van der Waals surface area contributed by atoms with Gasteiger partial charge >= 0.3 is 5.97 Å². The maximum absolute atomic E-state index is 12.2. The number of rotatable bonds is 8. The molecule has 0 aliphatic heterocycles. The van der Waals surface area contributed by atoms with Crippen molar-refractivity contribution in [2.75, 3.05) is 6.61 Å². The number of aryl methyl sites for hydroxylation is 1. The average molecular weight is 418 g/mol. The largest absolute Gasteiger partial charge is 0.476 e. The molecule has 0 unspecified atom stereocenters. The predicted molar refractivity (Wildman–Crippen MR) is 120 cm³/mol. The van der Waals surface area contributed by atoms with Gasteiger partial charge in [-0.1, -0.05) is 42.5 Å². The van der Waals surface area contributed by atoms with Crippen LogP contribution in [0.4, 0.5) is 0 Å². The molecule has 0 radical (unpaired) electrons. The van der Waals surface area contributed by atoms with E-state index in [9.17, 15) is 4.79 Å². The van der Waals surface area contributed by atoms with E-state index >= 15 is 0 Å². The Labute approximate surface area is 182 Å². The number of aromatic nitrogens is 1. The first-order valence-electron chi connectivity index (χ1n) is 10.7. The zero-order valence-corrected chi connectivity index (χ0v) is 18.0. The molecule has 0 bridgehead atoms. The lowest BCUT2D eigenvalue weighted by Gasteiger charge is -2.39. The Hall–Kier alpha value is -3.34. The van der Waals surface area contributed by atoms with Crippen LogP contribution in [0, 0.1) is 6.92 Å². The van der Waals surface area contributed by atoms with Crippen LogP contribution in [0.3, 0.4) is 0 Å². The lowest BCUT2D eigenvalue weighted by molar-refractivity contribution is -0.169. The van der Waals surface area contributed by atoms with Crippen molar-refractivity contribution >= 4 is 12.0 Å². The molecule has 160 valence electrons. The van der Waals surface area contributed by atoms with Gasteiger partial charge in [-0.25, -0.2) is 9.78 Å². The Kier molecular flexibility index (Phi) is 6.21. The molecular weight excluding hydrogens is 390 g/mol. The van der Waals surface area contributed by atoms with E-state index in [2.05, 4.69) is 11.1 Å². The fourth-order valence-corrected chi connectivity index (χ4v) is 3.61. The highest BCUT2D eigenvalue weighted by Gasteiger charge is 2.48. The van der Waals surface area contributed by atoms with E-state index in [0.717, 1.165) is 29.0 Å². The number of carbonyl (C=O) groups is 1. The highest BCUT2D eigenvalue weighted by atomic mass is 16.6. The summed E-state index contributed by atoms with van der Waals surface area (Å²) < 4.78 is 17.0. The lowest BCUT2D eigenvalue weighted by Crippen LogP contribution is -2.51. The number of ether oxygens (including phenoxy) is 2. The first-order chi connectivity index (χ1) is 15.1. The van der Waals surface area contributed by atoms with Crippen molar-refractivity contribution < 1.29 is 18.7 Å². The highest BCUT2D eigenvalue weighted by molar-refractivity contribution is 5.81. The van der Waals surface area contributed by atoms with E-state index in [1.54, 1.807) is 0 Å². The number of nitrogens with zero attached hydrogens (tertiary/aromatic N) is 1. The lowest BCUT2D eigenvalue weighted by atomic mass is 9.80. The molecule has 5 heteroatoms. The minimum Gasteiger partial charge on any atom is -0.476 e. The monoisotopic (exact) mass is 417 g/mol. The minimum atomic E-state index is -0.811. The van der Waals surface area contributed by atoms with Crippen LogP contribution in [0.1, 0.15) is 43.2 Å². The second-order valence-electron chi connectivity index (χ2n) is 7.73. The normalized spacial score (nSPS) is 14.9. The van der Waals surface area contributed by atoms with Crippen molar-refractivity contribution in [3.8, 4) is 17.2 Å². The van der Waals surface area contributed by atoms with Crippen LogP contribution in [0.5, 0.6) is 5.75 Å². The van der Waals surface area contributed by atoms with Crippen LogP contribution in [-0.4, -0.2) is 23.2 Å². The molecule has 1 aliphatic rings. The summed E-state index contributed by atoms with van der Waals surface area (Å²) >= 11 is 0. The van der Waals surface area contributed by atoms with E-state index in [1.807, 2.05) is 74.5 Å². The number of hydrogen-bond donors (Lipinski definition) is 0. The summed E-state index contributed by atoms with van der Waals surface area (Å²) in [5.74, 6) is 1.90. The Morgan fingerprint density at radius 3 is 2.52 bits per heavy atom. The zero-order chi connectivity index (χ0) is 21.7. The molecule has 4 rings (SSSR count). The van der Waals surface area contributed by atoms with Crippen LogP contribution in [0.25, 0.3) is 17.5 Å². The van der Waals surface area contributed by atoms with E-state index in [4.69, 9.17) is 13.9 Å². The maximum Gasteiger partial charge on any atom is 0.350 e. The van der Waals surface area contributed by atoms with Crippen molar-refractivity contribution in [3.05, 3.63) is 77.7 Å². The molecule has 1 heterocycles. The molecule has 31 heavy (non-hydrogen) atoms. The van der Waals surface area contributed by atoms with Gasteiger partial charge in [-0.05, 0) is 62.9 Å². The third kappa shape index (κ3) is 4.71. The Bertz CT molecular complexity index is 1050. The maximum atomic E-state index is 12.2.